The van der Waals surface area contributed by atoms with E-state index in [-0.39, 0.29) is 6.61 Å². The third kappa shape index (κ3) is 6.81. The van der Waals surface area contributed by atoms with Crippen LogP contribution in [-0.2, 0) is 20.9 Å². The molecule has 1 aromatic rings. The number of alkyl halides is 3. The standard InChI is InChI=1S/C14H14F3NO5/c15-14(16,17)12(21)10(6-7-11(19)20)18-13(22)23-8-9-4-2-1-3-5-9/h1-5,10H,6-8H2,(H,18,22)(H,19,20)/t10-/m0/s1. The molecule has 1 atom stereocenters. The molecule has 1 rings (SSSR count). The summed E-state index contributed by atoms with van der Waals surface area (Å²) in [5.41, 5.74) is 0.604. The molecule has 126 valence electrons. The van der Waals surface area contributed by atoms with Gasteiger partial charge in [-0.2, -0.15) is 13.2 Å². The van der Waals surface area contributed by atoms with E-state index < -0.39 is 42.9 Å². The van der Waals surface area contributed by atoms with Crippen molar-refractivity contribution in [1.82, 2.24) is 5.32 Å². The molecule has 0 aliphatic rings. The number of ketones is 1. The Labute approximate surface area is 129 Å². The number of halogens is 3. The topological polar surface area (TPSA) is 92.7 Å². The first kappa shape index (κ1) is 18.5. The van der Waals surface area contributed by atoms with Crippen LogP contribution in [0.2, 0.25) is 0 Å². The molecule has 0 heterocycles. The number of ether oxygens (including phenoxy) is 1. The molecular formula is C14H14F3NO5. The van der Waals surface area contributed by atoms with E-state index in [1.165, 1.54) is 0 Å². The molecule has 9 heteroatoms. The smallest absolute Gasteiger partial charge is 0.452 e. The van der Waals surface area contributed by atoms with Crippen molar-refractivity contribution in [3.63, 3.8) is 0 Å². The Morgan fingerprint density at radius 3 is 2.30 bits per heavy atom. The van der Waals surface area contributed by atoms with Gasteiger partial charge in [-0.25, -0.2) is 4.79 Å². The second kappa shape index (κ2) is 8.16. The number of hydrogen-bond acceptors (Lipinski definition) is 4. The van der Waals surface area contributed by atoms with Gasteiger partial charge >= 0.3 is 18.2 Å². The number of aliphatic carboxylic acids is 1. The van der Waals surface area contributed by atoms with Gasteiger partial charge in [0.05, 0.1) is 0 Å². The zero-order valence-electron chi connectivity index (χ0n) is 11.8. The lowest BCUT2D eigenvalue weighted by Crippen LogP contribution is -2.47. The molecule has 0 fully saturated rings. The number of nitrogens with one attached hydrogen (secondary N) is 1. The van der Waals surface area contributed by atoms with Gasteiger partial charge in [0.15, 0.2) is 0 Å². The minimum atomic E-state index is -5.18. The summed E-state index contributed by atoms with van der Waals surface area (Å²) in [5.74, 6) is -3.61. The Bertz CT molecular complexity index is 559. The average molecular weight is 333 g/mol. The second-order valence-electron chi connectivity index (χ2n) is 4.55. The van der Waals surface area contributed by atoms with Gasteiger partial charge in [0, 0.05) is 6.42 Å². The van der Waals surface area contributed by atoms with Gasteiger partial charge in [0.2, 0.25) is 0 Å². The summed E-state index contributed by atoms with van der Waals surface area (Å²) in [6, 6.07) is 6.35. The molecule has 23 heavy (non-hydrogen) atoms. The number of Topliss-reactive ketones (excluding diaryl/α,β-unsaturated/α-hetero) is 1. The number of carboxylic acid groups (broad SMARTS) is 1. The Morgan fingerprint density at radius 1 is 1.17 bits per heavy atom. The summed E-state index contributed by atoms with van der Waals surface area (Å²) in [4.78, 5) is 33.1. The first-order valence-corrected chi connectivity index (χ1v) is 6.50. The van der Waals surface area contributed by atoms with Gasteiger partial charge in [-0.05, 0) is 12.0 Å². The fourth-order valence-corrected chi connectivity index (χ4v) is 1.64. The summed E-state index contributed by atoms with van der Waals surface area (Å²) in [6.07, 6.45) is -7.81. The summed E-state index contributed by atoms with van der Waals surface area (Å²) in [5, 5.41) is 10.3. The van der Waals surface area contributed by atoms with Crippen molar-refractivity contribution in [3.8, 4) is 0 Å². The van der Waals surface area contributed by atoms with Crippen LogP contribution in [0.1, 0.15) is 18.4 Å². The lowest BCUT2D eigenvalue weighted by molar-refractivity contribution is -0.173. The largest absolute Gasteiger partial charge is 0.481 e. The van der Waals surface area contributed by atoms with Gasteiger partial charge in [0.1, 0.15) is 12.6 Å². The number of carbonyl (C=O) groups is 3. The van der Waals surface area contributed by atoms with E-state index >= 15 is 0 Å². The highest BCUT2D eigenvalue weighted by atomic mass is 19.4. The molecule has 0 aliphatic carbocycles. The summed E-state index contributed by atoms with van der Waals surface area (Å²) >= 11 is 0. The molecule has 0 saturated carbocycles. The maximum atomic E-state index is 12.4. The van der Waals surface area contributed by atoms with Crippen LogP contribution < -0.4 is 5.32 Å². The third-order valence-electron chi connectivity index (χ3n) is 2.75. The summed E-state index contributed by atoms with van der Waals surface area (Å²) < 4.78 is 42.0. The predicted octanol–water partition coefficient (Wildman–Crippen LogP) is 2.28. The quantitative estimate of drug-likeness (QED) is 0.798. The fourth-order valence-electron chi connectivity index (χ4n) is 1.64. The van der Waals surface area contributed by atoms with Crippen LogP contribution in [0, 0.1) is 0 Å². The number of carbonyl (C=O) groups excluding carboxylic acids is 2. The summed E-state index contributed by atoms with van der Waals surface area (Å²) in [7, 11) is 0. The summed E-state index contributed by atoms with van der Waals surface area (Å²) in [6.45, 7) is -0.196. The van der Waals surface area contributed by atoms with Gasteiger partial charge in [-0.3, -0.25) is 9.59 Å². The number of rotatable bonds is 7. The van der Waals surface area contributed by atoms with E-state index in [0.29, 0.717) is 5.56 Å². The van der Waals surface area contributed by atoms with Crippen LogP contribution in [0.4, 0.5) is 18.0 Å². The Hall–Kier alpha value is -2.58. The Balaban J connectivity index is 2.62. The normalized spacial score (nSPS) is 12.3. The molecule has 2 N–H and O–H groups in total. The van der Waals surface area contributed by atoms with Gasteiger partial charge < -0.3 is 15.2 Å². The van der Waals surface area contributed by atoms with Gasteiger partial charge in [0.25, 0.3) is 5.78 Å². The van der Waals surface area contributed by atoms with Crippen LogP contribution >= 0.6 is 0 Å². The highest BCUT2D eigenvalue weighted by Gasteiger charge is 2.44. The zero-order valence-corrected chi connectivity index (χ0v) is 11.8. The number of hydrogen-bond donors (Lipinski definition) is 2. The molecule has 0 bridgehead atoms. The highest BCUT2D eigenvalue weighted by Crippen LogP contribution is 2.20. The first-order valence-electron chi connectivity index (χ1n) is 6.50. The van der Waals surface area contributed by atoms with E-state index in [1.807, 2.05) is 0 Å². The molecule has 1 amide bonds. The highest BCUT2D eigenvalue weighted by molar-refractivity contribution is 5.91. The van der Waals surface area contributed by atoms with Crippen LogP contribution in [0.5, 0.6) is 0 Å². The van der Waals surface area contributed by atoms with Crippen LogP contribution in [-0.4, -0.2) is 35.2 Å². The van der Waals surface area contributed by atoms with Gasteiger partial charge in [-0.1, -0.05) is 30.3 Å². The minimum absolute atomic E-state index is 0.196. The lowest BCUT2D eigenvalue weighted by Gasteiger charge is -2.18. The molecule has 0 saturated heterocycles. The van der Waals surface area contributed by atoms with Crippen molar-refractivity contribution in [2.75, 3.05) is 0 Å². The van der Waals surface area contributed by atoms with Crippen LogP contribution in [0.25, 0.3) is 0 Å². The van der Waals surface area contributed by atoms with Crippen molar-refractivity contribution < 1.29 is 37.4 Å². The number of benzene rings is 1. The molecular weight excluding hydrogens is 319 g/mol. The van der Waals surface area contributed by atoms with Crippen LogP contribution in [0.15, 0.2) is 30.3 Å². The van der Waals surface area contributed by atoms with Crippen LogP contribution in [0.3, 0.4) is 0 Å². The van der Waals surface area contributed by atoms with Crippen molar-refractivity contribution >= 4 is 17.8 Å². The maximum Gasteiger partial charge on any atom is 0.452 e. The fraction of sp³-hybridized carbons (Fsp3) is 0.357. The molecule has 0 radical (unpaired) electrons. The molecule has 0 unspecified atom stereocenters. The van der Waals surface area contributed by atoms with Crippen molar-refractivity contribution in [2.24, 2.45) is 0 Å². The van der Waals surface area contributed by atoms with E-state index in [9.17, 15) is 27.6 Å². The van der Waals surface area contributed by atoms with Gasteiger partial charge in [-0.15, -0.1) is 0 Å². The number of alkyl carbamates (subject to hydrolysis) is 1. The van der Waals surface area contributed by atoms with Crippen molar-refractivity contribution in [2.45, 2.75) is 31.7 Å². The molecule has 0 spiro atoms. The van der Waals surface area contributed by atoms with E-state index in [4.69, 9.17) is 9.84 Å². The Kier molecular flexibility index (Phi) is 6.55. The van der Waals surface area contributed by atoms with E-state index in [2.05, 4.69) is 0 Å². The SMILES string of the molecule is O=C(O)CC[C@H](NC(=O)OCc1ccccc1)C(=O)C(F)(F)F. The lowest BCUT2D eigenvalue weighted by atomic mass is 10.1. The molecule has 6 nitrogen and oxygen atoms in total. The van der Waals surface area contributed by atoms with Crippen molar-refractivity contribution in [1.29, 1.82) is 0 Å². The third-order valence-corrected chi connectivity index (χ3v) is 2.75. The molecule has 0 aromatic heterocycles. The van der Waals surface area contributed by atoms with Crippen molar-refractivity contribution in [3.05, 3.63) is 35.9 Å². The number of carboxylic acids is 1. The van der Waals surface area contributed by atoms with E-state index in [0.717, 1.165) is 0 Å². The number of amides is 1. The minimum Gasteiger partial charge on any atom is -0.481 e. The maximum absolute atomic E-state index is 12.4. The average Bonchev–Trinajstić information content (AvgIpc) is 2.48. The molecule has 0 aliphatic heterocycles. The monoisotopic (exact) mass is 333 g/mol. The molecule has 1 aromatic carbocycles. The second-order valence-corrected chi connectivity index (χ2v) is 4.55. The van der Waals surface area contributed by atoms with E-state index in [1.54, 1.807) is 35.6 Å². The predicted molar refractivity (Wildman–Crippen MR) is 71.5 cm³/mol. The Morgan fingerprint density at radius 2 is 1.78 bits per heavy atom. The zero-order chi connectivity index (χ0) is 17.5. The first-order chi connectivity index (χ1) is 10.7.